The van der Waals surface area contributed by atoms with Gasteiger partial charge < -0.3 is 5.11 Å². The summed E-state index contributed by atoms with van der Waals surface area (Å²) >= 11 is 0. The molecular formula is C9H12N2O. The van der Waals surface area contributed by atoms with Gasteiger partial charge in [-0.3, -0.25) is 5.10 Å². The number of fused-ring (bicyclic) bond motifs is 1. The van der Waals surface area contributed by atoms with Crippen LogP contribution in [-0.2, 0) is 0 Å². The normalized spacial score (nSPS) is 9.17. The van der Waals surface area contributed by atoms with Gasteiger partial charge in [-0.25, -0.2) is 0 Å². The monoisotopic (exact) mass is 164 g/mol. The van der Waals surface area contributed by atoms with Crippen LogP contribution in [0.5, 0.6) is 0 Å². The number of aromatic nitrogens is 2. The molecule has 2 N–H and O–H groups in total. The first-order valence-corrected chi connectivity index (χ1v) is 3.87. The molecule has 0 saturated carbocycles. The third-order valence-corrected chi connectivity index (χ3v) is 1.35. The lowest BCUT2D eigenvalue weighted by Gasteiger charge is -1.81. The number of H-pyrrole nitrogens is 1. The number of aliphatic hydroxyl groups is 1. The third kappa shape index (κ3) is 2.07. The summed E-state index contributed by atoms with van der Waals surface area (Å²) in [6.07, 6.45) is 1.81. The standard InChI is InChI=1S/C7H6N2.C2H6O/c1-2-4-7-6(3-1)5-8-9-7;1-2-3/h1-5H,(H,8,9);3H,2H2,1H3. The summed E-state index contributed by atoms with van der Waals surface area (Å²) in [6, 6.07) is 8.01. The van der Waals surface area contributed by atoms with E-state index in [9.17, 15) is 0 Å². The number of rotatable bonds is 0. The van der Waals surface area contributed by atoms with E-state index in [0.717, 1.165) is 10.9 Å². The van der Waals surface area contributed by atoms with Crippen LogP contribution < -0.4 is 0 Å². The average Bonchev–Trinajstić information content (AvgIpc) is 2.52. The van der Waals surface area contributed by atoms with Crippen LogP contribution in [0.1, 0.15) is 6.92 Å². The van der Waals surface area contributed by atoms with Crippen LogP contribution in [0.15, 0.2) is 30.5 Å². The van der Waals surface area contributed by atoms with E-state index in [1.165, 1.54) is 0 Å². The molecule has 2 rings (SSSR count). The van der Waals surface area contributed by atoms with Crippen molar-refractivity contribution in [1.29, 1.82) is 0 Å². The first kappa shape index (κ1) is 8.74. The second kappa shape index (κ2) is 4.51. The number of hydrogen-bond acceptors (Lipinski definition) is 2. The first-order valence-electron chi connectivity index (χ1n) is 3.87. The van der Waals surface area contributed by atoms with Crippen molar-refractivity contribution >= 4 is 10.9 Å². The molecule has 12 heavy (non-hydrogen) atoms. The Kier molecular flexibility index (Phi) is 3.29. The summed E-state index contributed by atoms with van der Waals surface area (Å²) in [5, 5.41) is 15.5. The molecule has 1 aromatic heterocycles. The minimum atomic E-state index is 0.250. The highest BCUT2D eigenvalue weighted by Crippen LogP contribution is 2.06. The van der Waals surface area contributed by atoms with Crippen LogP contribution in [0.3, 0.4) is 0 Å². The molecule has 2 aromatic rings. The second-order valence-electron chi connectivity index (χ2n) is 2.27. The maximum atomic E-state index is 7.57. The quantitative estimate of drug-likeness (QED) is 0.620. The van der Waals surface area contributed by atoms with Crippen LogP contribution in [0.25, 0.3) is 10.9 Å². The molecule has 1 aromatic carbocycles. The predicted octanol–water partition coefficient (Wildman–Crippen LogP) is 1.56. The fourth-order valence-corrected chi connectivity index (χ4v) is 0.883. The van der Waals surface area contributed by atoms with Gasteiger partial charge in [0.25, 0.3) is 0 Å². The van der Waals surface area contributed by atoms with Crippen molar-refractivity contribution in [2.45, 2.75) is 6.92 Å². The molecule has 64 valence electrons. The zero-order valence-corrected chi connectivity index (χ0v) is 6.99. The average molecular weight is 164 g/mol. The predicted molar refractivity (Wildman–Crippen MR) is 48.9 cm³/mol. The summed E-state index contributed by atoms with van der Waals surface area (Å²) in [6.45, 7) is 1.93. The molecule has 0 fully saturated rings. The molecule has 0 aliphatic heterocycles. The Morgan fingerprint density at radius 1 is 1.42 bits per heavy atom. The summed E-state index contributed by atoms with van der Waals surface area (Å²) < 4.78 is 0. The number of benzene rings is 1. The van der Waals surface area contributed by atoms with Gasteiger partial charge in [0.05, 0.1) is 11.7 Å². The zero-order chi connectivity index (χ0) is 8.81. The molecule has 3 nitrogen and oxygen atoms in total. The Bertz CT molecular complexity index is 300. The van der Waals surface area contributed by atoms with Crippen LogP contribution in [0, 0.1) is 0 Å². The van der Waals surface area contributed by atoms with E-state index in [1.54, 1.807) is 6.92 Å². The SMILES string of the molecule is CCO.c1ccc2[nH]ncc2c1. The molecule has 0 aliphatic carbocycles. The smallest absolute Gasteiger partial charge is 0.0650 e. The van der Waals surface area contributed by atoms with E-state index in [1.807, 2.05) is 30.5 Å². The first-order chi connectivity index (χ1) is 5.88. The van der Waals surface area contributed by atoms with Crippen molar-refractivity contribution in [3.63, 3.8) is 0 Å². The Morgan fingerprint density at radius 2 is 2.08 bits per heavy atom. The molecular weight excluding hydrogens is 152 g/mol. The maximum absolute atomic E-state index is 7.57. The molecule has 0 atom stereocenters. The minimum Gasteiger partial charge on any atom is -0.397 e. The lowest BCUT2D eigenvalue weighted by Crippen LogP contribution is -1.63. The third-order valence-electron chi connectivity index (χ3n) is 1.35. The fraction of sp³-hybridized carbons (Fsp3) is 0.222. The molecule has 0 bridgehead atoms. The number of aliphatic hydroxyl groups excluding tert-OH is 1. The van der Waals surface area contributed by atoms with Crippen molar-refractivity contribution in [3.05, 3.63) is 30.5 Å². The molecule has 0 unspecified atom stereocenters. The number of para-hydroxylation sites is 1. The van der Waals surface area contributed by atoms with Gasteiger partial charge >= 0.3 is 0 Å². The largest absolute Gasteiger partial charge is 0.397 e. The van der Waals surface area contributed by atoms with Crippen molar-refractivity contribution in [3.8, 4) is 0 Å². The van der Waals surface area contributed by atoms with E-state index in [0.29, 0.717) is 0 Å². The Balaban J connectivity index is 0.000000213. The Morgan fingerprint density at radius 3 is 2.75 bits per heavy atom. The fourth-order valence-electron chi connectivity index (χ4n) is 0.883. The second-order valence-corrected chi connectivity index (χ2v) is 2.27. The number of nitrogens with zero attached hydrogens (tertiary/aromatic N) is 1. The molecule has 0 amide bonds. The zero-order valence-electron chi connectivity index (χ0n) is 6.99. The van der Waals surface area contributed by atoms with Gasteiger partial charge in [-0.2, -0.15) is 5.10 Å². The van der Waals surface area contributed by atoms with Crippen LogP contribution >= 0.6 is 0 Å². The topological polar surface area (TPSA) is 48.9 Å². The molecule has 0 saturated heterocycles. The molecule has 0 spiro atoms. The van der Waals surface area contributed by atoms with Gasteiger partial charge in [-0.1, -0.05) is 18.2 Å². The number of nitrogens with one attached hydrogen (secondary N) is 1. The summed E-state index contributed by atoms with van der Waals surface area (Å²) in [5.74, 6) is 0. The maximum Gasteiger partial charge on any atom is 0.0650 e. The van der Waals surface area contributed by atoms with Crippen molar-refractivity contribution in [2.24, 2.45) is 0 Å². The van der Waals surface area contributed by atoms with Crippen molar-refractivity contribution in [2.75, 3.05) is 6.61 Å². The van der Waals surface area contributed by atoms with E-state index in [-0.39, 0.29) is 6.61 Å². The Hall–Kier alpha value is -1.35. The lowest BCUT2D eigenvalue weighted by molar-refractivity contribution is 0.318. The van der Waals surface area contributed by atoms with Crippen LogP contribution in [-0.4, -0.2) is 21.9 Å². The van der Waals surface area contributed by atoms with E-state index >= 15 is 0 Å². The number of hydrogen-bond donors (Lipinski definition) is 2. The van der Waals surface area contributed by atoms with Gasteiger partial charge in [-0.05, 0) is 13.0 Å². The molecule has 3 heteroatoms. The van der Waals surface area contributed by atoms with Crippen molar-refractivity contribution < 1.29 is 5.11 Å². The summed E-state index contributed by atoms with van der Waals surface area (Å²) in [5.41, 5.74) is 1.09. The van der Waals surface area contributed by atoms with Gasteiger partial charge in [0.1, 0.15) is 0 Å². The molecule has 1 heterocycles. The van der Waals surface area contributed by atoms with Gasteiger partial charge in [0.2, 0.25) is 0 Å². The van der Waals surface area contributed by atoms with Crippen molar-refractivity contribution in [1.82, 2.24) is 10.2 Å². The summed E-state index contributed by atoms with van der Waals surface area (Å²) in [4.78, 5) is 0. The minimum absolute atomic E-state index is 0.250. The van der Waals surface area contributed by atoms with Crippen LogP contribution in [0.2, 0.25) is 0 Å². The molecule has 0 radical (unpaired) electrons. The number of aromatic amines is 1. The highest BCUT2D eigenvalue weighted by Gasteiger charge is 1.88. The van der Waals surface area contributed by atoms with E-state index in [2.05, 4.69) is 10.2 Å². The van der Waals surface area contributed by atoms with E-state index in [4.69, 9.17) is 5.11 Å². The van der Waals surface area contributed by atoms with Crippen LogP contribution in [0.4, 0.5) is 0 Å². The Labute approximate surface area is 71.0 Å². The molecule has 0 aliphatic rings. The summed E-state index contributed by atoms with van der Waals surface area (Å²) in [7, 11) is 0. The lowest BCUT2D eigenvalue weighted by atomic mass is 10.3. The highest BCUT2D eigenvalue weighted by atomic mass is 16.2. The van der Waals surface area contributed by atoms with Gasteiger partial charge in [0, 0.05) is 12.0 Å². The van der Waals surface area contributed by atoms with E-state index < -0.39 is 0 Å². The van der Waals surface area contributed by atoms with Gasteiger partial charge in [0.15, 0.2) is 0 Å². The van der Waals surface area contributed by atoms with Gasteiger partial charge in [-0.15, -0.1) is 0 Å². The highest BCUT2D eigenvalue weighted by molar-refractivity contribution is 5.77.